The van der Waals surface area contributed by atoms with Crippen molar-refractivity contribution in [1.82, 2.24) is 15.1 Å². The maximum Gasteiger partial charge on any atom is 0.242 e. The molecule has 4 amide bonds. The first kappa shape index (κ1) is 22.7. The predicted molar refractivity (Wildman–Crippen MR) is 117 cm³/mol. The number of aryl methyl sites for hydroxylation is 1. The number of carbonyl (C=O) groups excluding carboxylic acids is 4. The number of fused-ring (bicyclic) bond motifs is 1. The van der Waals surface area contributed by atoms with E-state index < -0.39 is 6.04 Å². The molecule has 1 unspecified atom stereocenters. The number of nitrogens with zero attached hydrogens (tertiary/aromatic N) is 2. The van der Waals surface area contributed by atoms with E-state index in [1.165, 1.54) is 9.80 Å². The van der Waals surface area contributed by atoms with Crippen LogP contribution in [-0.4, -0.2) is 52.6 Å². The molecule has 7 heteroatoms. The Kier molecular flexibility index (Phi) is 7.25. The van der Waals surface area contributed by atoms with Gasteiger partial charge in [-0.2, -0.15) is 0 Å². The first-order valence-electron chi connectivity index (χ1n) is 11.0. The van der Waals surface area contributed by atoms with E-state index in [1.54, 1.807) is 6.92 Å². The van der Waals surface area contributed by atoms with Crippen molar-refractivity contribution >= 4 is 23.6 Å². The van der Waals surface area contributed by atoms with Gasteiger partial charge in [-0.25, -0.2) is 0 Å². The molecule has 7 nitrogen and oxygen atoms in total. The summed E-state index contributed by atoms with van der Waals surface area (Å²) in [6, 6.07) is 7.07. The van der Waals surface area contributed by atoms with Gasteiger partial charge in [-0.05, 0) is 44.7 Å². The highest BCUT2D eigenvalue weighted by Gasteiger charge is 2.47. The molecule has 1 aromatic carbocycles. The number of imide groups is 1. The lowest BCUT2D eigenvalue weighted by molar-refractivity contribution is -0.143. The number of nitrogens with one attached hydrogen (secondary N) is 1. The lowest BCUT2D eigenvalue weighted by Gasteiger charge is -2.30. The van der Waals surface area contributed by atoms with Crippen LogP contribution in [-0.2, 0) is 25.7 Å². The molecule has 1 aromatic rings. The number of hydrogen-bond acceptors (Lipinski definition) is 4. The van der Waals surface area contributed by atoms with Crippen molar-refractivity contribution in [3.8, 4) is 0 Å². The topological polar surface area (TPSA) is 86.8 Å². The molecule has 0 radical (unpaired) electrons. The Balaban J connectivity index is 1.72. The fraction of sp³-hybridized carbons (Fsp3) is 0.500. The van der Waals surface area contributed by atoms with Crippen LogP contribution in [0.1, 0.15) is 44.2 Å². The molecule has 1 aliphatic carbocycles. The minimum absolute atomic E-state index is 0.0000250. The van der Waals surface area contributed by atoms with Crippen LogP contribution in [0.5, 0.6) is 0 Å². The van der Waals surface area contributed by atoms with Crippen molar-refractivity contribution in [3.63, 3.8) is 0 Å². The summed E-state index contributed by atoms with van der Waals surface area (Å²) in [6.45, 7) is 6.32. The maximum absolute atomic E-state index is 13.2. The van der Waals surface area contributed by atoms with Gasteiger partial charge >= 0.3 is 0 Å². The molecule has 0 saturated carbocycles. The Morgan fingerprint density at radius 2 is 1.74 bits per heavy atom. The van der Waals surface area contributed by atoms with Gasteiger partial charge in [0.05, 0.1) is 11.8 Å². The number of amides is 4. The van der Waals surface area contributed by atoms with E-state index in [9.17, 15) is 19.2 Å². The molecule has 2 aliphatic rings. The molecule has 1 saturated heterocycles. The predicted octanol–water partition coefficient (Wildman–Crippen LogP) is 2.19. The van der Waals surface area contributed by atoms with E-state index in [1.807, 2.05) is 50.3 Å². The van der Waals surface area contributed by atoms with Crippen LogP contribution < -0.4 is 5.32 Å². The second-order valence-corrected chi connectivity index (χ2v) is 8.25. The highest BCUT2D eigenvalue weighted by atomic mass is 16.2. The van der Waals surface area contributed by atoms with Crippen molar-refractivity contribution in [2.24, 2.45) is 11.8 Å². The van der Waals surface area contributed by atoms with Crippen LogP contribution in [0.2, 0.25) is 0 Å². The third-order valence-corrected chi connectivity index (χ3v) is 6.27. The smallest absolute Gasteiger partial charge is 0.242 e. The van der Waals surface area contributed by atoms with Gasteiger partial charge in [0.1, 0.15) is 6.04 Å². The van der Waals surface area contributed by atoms with Crippen molar-refractivity contribution in [2.75, 3.05) is 13.1 Å². The van der Waals surface area contributed by atoms with Gasteiger partial charge < -0.3 is 10.2 Å². The molecular formula is C24H31N3O4. The van der Waals surface area contributed by atoms with E-state index in [2.05, 4.69) is 5.32 Å². The Morgan fingerprint density at radius 3 is 2.32 bits per heavy atom. The first-order valence-corrected chi connectivity index (χ1v) is 11.0. The number of likely N-dealkylation sites (tertiary alicyclic amines) is 1. The van der Waals surface area contributed by atoms with Gasteiger partial charge in [0, 0.05) is 26.1 Å². The summed E-state index contributed by atoms with van der Waals surface area (Å²) < 4.78 is 0. The number of likely N-dealkylation sites (N-methyl/N-ethyl adjacent to an activating group) is 1. The third-order valence-electron chi connectivity index (χ3n) is 6.27. The highest BCUT2D eigenvalue weighted by molar-refractivity contribution is 6.05. The zero-order valence-corrected chi connectivity index (χ0v) is 18.5. The van der Waals surface area contributed by atoms with Gasteiger partial charge in [0.15, 0.2) is 0 Å². The standard InChI is InChI=1S/C24H31N3O4/c1-4-25-22(29)17(3)27(15-18-10-6-5-9-16(18)2)21(28)13-14-26-23(30)19-11-7-8-12-20(19)24(26)31/h5-10,17,19-20H,4,11-15H2,1-3H3,(H,25,29)/t17?,19-,20+. The quantitative estimate of drug-likeness (QED) is 0.511. The summed E-state index contributed by atoms with van der Waals surface area (Å²) in [6.07, 6.45) is 5.04. The van der Waals surface area contributed by atoms with Crippen LogP contribution in [0.4, 0.5) is 0 Å². The zero-order chi connectivity index (χ0) is 22.5. The SMILES string of the molecule is CCNC(=O)C(C)N(Cc1ccccc1C)C(=O)CCN1C(=O)[C@H]2CC=CC[C@H]2C1=O. The van der Waals surface area contributed by atoms with Gasteiger partial charge in [-0.1, -0.05) is 36.4 Å². The summed E-state index contributed by atoms with van der Waals surface area (Å²) in [7, 11) is 0. The molecule has 0 bridgehead atoms. The summed E-state index contributed by atoms with van der Waals surface area (Å²) in [4.78, 5) is 53.8. The van der Waals surface area contributed by atoms with Gasteiger partial charge in [-0.3, -0.25) is 24.1 Å². The molecule has 3 atom stereocenters. The fourth-order valence-corrected chi connectivity index (χ4v) is 4.32. The monoisotopic (exact) mass is 425 g/mol. The van der Waals surface area contributed by atoms with Gasteiger partial charge in [0.2, 0.25) is 23.6 Å². The van der Waals surface area contributed by atoms with E-state index in [4.69, 9.17) is 0 Å². The van der Waals surface area contributed by atoms with Crippen molar-refractivity contribution < 1.29 is 19.2 Å². The second kappa shape index (κ2) is 9.90. The lowest BCUT2D eigenvalue weighted by Crippen LogP contribution is -2.48. The molecule has 0 aromatic heterocycles. The molecule has 1 fully saturated rings. The summed E-state index contributed by atoms with van der Waals surface area (Å²) in [5, 5.41) is 2.77. The molecule has 3 rings (SSSR count). The number of carbonyl (C=O) groups is 4. The van der Waals surface area contributed by atoms with E-state index in [-0.39, 0.29) is 48.4 Å². The zero-order valence-electron chi connectivity index (χ0n) is 18.5. The molecule has 166 valence electrons. The average molecular weight is 426 g/mol. The molecule has 1 N–H and O–H groups in total. The number of allylic oxidation sites excluding steroid dienone is 2. The van der Waals surface area contributed by atoms with Crippen LogP contribution in [0, 0.1) is 18.8 Å². The highest BCUT2D eigenvalue weighted by Crippen LogP contribution is 2.35. The molecular weight excluding hydrogens is 394 g/mol. The average Bonchev–Trinajstić information content (AvgIpc) is 3.01. The normalized spacial score (nSPS) is 21.1. The number of rotatable bonds is 8. The molecule has 31 heavy (non-hydrogen) atoms. The van der Waals surface area contributed by atoms with E-state index in [0.29, 0.717) is 25.9 Å². The largest absolute Gasteiger partial charge is 0.355 e. The van der Waals surface area contributed by atoms with Crippen molar-refractivity contribution in [1.29, 1.82) is 0 Å². The molecule has 1 heterocycles. The van der Waals surface area contributed by atoms with E-state index in [0.717, 1.165) is 11.1 Å². The van der Waals surface area contributed by atoms with Crippen molar-refractivity contribution in [2.45, 2.75) is 52.6 Å². The Bertz CT molecular complexity index is 869. The van der Waals surface area contributed by atoms with Crippen molar-refractivity contribution in [3.05, 3.63) is 47.5 Å². The molecule has 1 aliphatic heterocycles. The summed E-state index contributed by atoms with van der Waals surface area (Å²) in [5.74, 6) is -1.45. The Morgan fingerprint density at radius 1 is 1.13 bits per heavy atom. The summed E-state index contributed by atoms with van der Waals surface area (Å²) in [5.41, 5.74) is 1.99. The van der Waals surface area contributed by atoms with Crippen LogP contribution in [0.25, 0.3) is 0 Å². The fourth-order valence-electron chi connectivity index (χ4n) is 4.32. The molecule has 0 spiro atoms. The van der Waals surface area contributed by atoms with Crippen LogP contribution in [0.3, 0.4) is 0 Å². The van der Waals surface area contributed by atoms with Crippen LogP contribution >= 0.6 is 0 Å². The minimum Gasteiger partial charge on any atom is -0.355 e. The minimum atomic E-state index is -0.663. The van der Waals surface area contributed by atoms with E-state index >= 15 is 0 Å². The number of benzene rings is 1. The Labute approximate surface area is 183 Å². The van der Waals surface area contributed by atoms with Gasteiger partial charge in [-0.15, -0.1) is 0 Å². The van der Waals surface area contributed by atoms with Crippen LogP contribution in [0.15, 0.2) is 36.4 Å². The Hall–Kier alpha value is -2.96. The first-order chi connectivity index (χ1) is 14.8. The maximum atomic E-state index is 13.2. The number of hydrogen-bond donors (Lipinski definition) is 1. The summed E-state index contributed by atoms with van der Waals surface area (Å²) >= 11 is 0. The lowest BCUT2D eigenvalue weighted by atomic mass is 9.85. The third kappa shape index (κ3) is 4.86. The second-order valence-electron chi connectivity index (χ2n) is 8.25. The van der Waals surface area contributed by atoms with Gasteiger partial charge in [0.25, 0.3) is 0 Å².